The van der Waals surface area contributed by atoms with Crippen LogP contribution in [0.4, 0.5) is 0 Å². The van der Waals surface area contributed by atoms with E-state index < -0.39 is 5.97 Å². The summed E-state index contributed by atoms with van der Waals surface area (Å²) in [5.41, 5.74) is 0. The van der Waals surface area contributed by atoms with Crippen molar-refractivity contribution in [2.75, 3.05) is 27.7 Å². The van der Waals surface area contributed by atoms with E-state index in [4.69, 9.17) is 0 Å². The zero-order chi connectivity index (χ0) is 8.20. The molecule has 0 amide bonds. The minimum Gasteiger partial charge on any atom is -0.545 e. The Hall–Kier alpha value is -0.830. The number of carboxylic acid groups (broad SMARTS) is 1. The van der Waals surface area contributed by atoms with E-state index in [9.17, 15) is 9.90 Å². The summed E-state index contributed by atoms with van der Waals surface area (Å²) in [5, 5.41) is 9.88. The molecule has 3 heteroatoms. The first-order valence-corrected chi connectivity index (χ1v) is 3.10. The summed E-state index contributed by atoms with van der Waals surface area (Å²) < 4.78 is 0.726. The molecule has 0 aliphatic carbocycles. The van der Waals surface area contributed by atoms with E-state index in [1.807, 2.05) is 21.1 Å². The van der Waals surface area contributed by atoms with Gasteiger partial charge in [-0.25, -0.2) is 0 Å². The molecule has 0 aromatic carbocycles. The van der Waals surface area contributed by atoms with Gasteiger partial charge in [-0.1, -0.05) is 0 Å². The SMILES string of the molecule is C[N+](C)(C)C/C=C\C(=O)[O-]. The van der Waals surface area contributed by atoms with Gasteiger partial charge in [0.15, 0.2) is 0 Å². The molecule has 58 valence electrons. The lowest BCUT2D eigenvalue weighted by molar-refractivity contribution is -0.864. The smallest absolute Gasteiger partial charge is 0.0971 e. The van der Waals surface area contributed by atoms with Crippen LogP contribution in [0, 0.1) is 0 Å². The molecule has 0 heterocycles. The molecule has 0 aliphatic rings. The number of hydrogen-bond donors (Lipinski definition) is 0. The van der Waals surface area contributed by atoms with Gasteiger partial charge in [-0.2, -0.15) is 0 Å². The molecule has 0 radical (unpaired) electrons. The summed E-state index contributed by atoms with van der Waals surface area (Å²) in [4.78, 5) is 9.88. The fourth-order valence-corrected chi connectivity index (χ4v) is 0.465. The molecule has 0 aromatic rings. The van der Waals surface area contributed by atoms with Gasteiger partial charge in [0.2, 0.25) is 0 Å². The predicted molar refractivity (Wildman–Crippen MR) is 37.0 cm³/mol. The van der Waals surface area contributed by atoms with Crippen LogP contribution in [0.2, 0.25) is 0 Å². The lowest BCUT2D eigenvalue weighted by Gasteiger charge is -2.21. The van der Waals surface area contributed by atoms with E-state index in [1.165, 1.54) is 0 Å². The third-order valence-corrected chi connectivity index (χ3v) is 0.907. The maximum atomic E-state index is 9.88. The third-order valence-electron chi connectivity index (χ3n) is 0.907. The van der Waals surface area contributed by atoms with Gasteiger partial charge >= 0.3 is 0 Å². The van der Waals surface area contributed by atoms with E-state index in [0.29, 0.717) is 6.54 Å². The van der Waals surface area contributed by atoms with Crippen LogP contribution < -0.4 is 5.11 Å². The van der Waals surface area contributed by atoms with Crippen molar-refractivity contribution in [3.63, 3.8) is 0 Å². The van der Waals surface area contributed by atoms with Crippen molar-refractivity contribution in [2.24, 2.45) is 0 Å². The molecule has 10 heavy (non-hydrogen) atoms. The standard InChI is InChI=1S/C7H13NO2/c1-8(2,3)6-4-5-7(9)10/h4-5H,6H2,1-3H3/b5-4-. The zero-order valence-electron chi connectivity index (χ0n) is 6.63. The van der Waals surface area contributed by atoms with Crippen molar-refractivity contribution in [3.8, 4) is 0 Å². The van der Waals surface area contributed by atoms with E-state index in [1.54, 1.807) is 6.08 Å². The van der Waals surface area contributed by atoms with Gasteiger partial charge in [-0.15, -0.1) is 0 Å². The molecule has 0 saturated carbocycles. The topological polar surface area (TPSA) is 40.1 Å². The lowest BCUT2D eigenvalue weighted by atomic mass is 10.4. The summed E-state index contributed by atoms with van der Waals surface area (Å²) in [6.07, 6.45) is 2.65. The largest absolute Gasteiger partial charge is 0.545 e. The molecule has 0 rings (SSSR count). The Labute approximate surface area is 61.2 Å². The van der Waals surface area contributed by atoms with Gasteiger partial charge in [0.05, 0.1) is 33.7 Å². The Morgan fingerprint density at radius 2 is 2.00 bits per heavy atom. The van der Waals surface area contributed by atoms with Crippen LogP contribution in [0.3, 0.4) is 0 Å². The zero-order valence-corrected chi connectivity index (χ0v) is 6.63. The second-order valence-electron chi connectivity index (χ2n) is 3.19. The van der Waals surface area contributed by atoms with Crippen LogP contribution in [0.15, 0.2) is 12.2 Å². The number of hydrogen-bond acceptors (Lipinski definition) is 2. The number of carbonyl (C=O) groups is 1. The van der Waals surface area contributed by atoms with Crippen LogP contribution in [0.5, 0.6) is 0 Å². The molecular weight excluding hydrogens is 130 g/mol. The van der Waals surface area contributed by atoms with E-state index >= 15 is 0 Å². The highest BCUT2D eigenvalue weighted by molar-refractivity contribution is 5.77. The number of aliphatic carboxylic acids is 1. The highest BCUT2D eigenvalue weighted by Gasteiger charge is 2.00. The monoisotopic (exact) mass is 143 g/mol. The van der Waals surface area contributed by atoms with Crippen LogP contribution in [0.1, 0.15) is 0 Å². The van der Waals surface area contributed by atoms with Crippen molar-refractivity contribution in [2.45, 2.75) is 0 Å². The first kappa shape index (κ1) is 9.17. The maximum Gasteiger partial charge on any atom is 0.0971 e. The minimum atomic E-state index is -1.13. The van der Waals surface area contributed by atoms with Crippen LogP contribution in [-0.2, 0) is 4.79 Å². The quantitative estimate of drug-likeness (QED) is 0.375. The highest BCUT2D eigenvalue weighted by Crippen LogP contribution is 1.88. The van der Waals surface area contributed by atoms with Crippen LogP contribution in [-0.4, -0.2) is 38.1 Å². The number of likely N-dealkylation sites (N-methyl/N-ethyl adjacent to an activating group) is 1. The Morgan fingerprint density at radius 1 is 1.50 bits per heavy atom. The average Bonchev–Trinajstić information content (AvgIpc) is 1.59. The average molecular weight is 143 g/mol. The minimum absolute atomic E-state index is 0.702. The summed E-state index contributed by atoms with van der Waals surface area (Å²) in [5.74, 6) is -1.13. The predicted octanol–water partition coefficient (Wildman–Crippen LogP) is -1.00. The van der Waals surface area contributed by atoms with Gasteiger partial charge in [-0.3, -0.25) is 0 Å². The van der Waals surface area contributed by atoms with Gasteiger partial charge in [0.1, 0.15) is 0 Å². The second-order valence-corrected chi connectivity index (χ2v) is 3.19. The molecule has 0 bridgehead atoms. The van der Waals surface area contributed by atoms with E-state index in [-0.39, 0.29) is 0 Å². The second kappa shape index (κ2) is 3.37. The normalized spacial score (nSPS) is 12.3. The van der Waals surface area contributed by atoms with Crippen molar-refractivity contribution in [1.29, 1.82) is 0 Å². The Bertz CT molecular complexity index is 144. The molecule has 0 saturated heterocycles. The fourth-order valence-electron chi connectivity index (χ4n) is 0.465. The van der Waals surface area contributed by atoms with Crippen molar-refractivity contribution >= 4 is 5.97 Å². The molecular formula is C7H13NO2. The van der Waals surface area contributed by atoms with E-state index in [2.05, 4.69) is 0 Å². The molecule has 3 nitrogen and oxygen atoms in total. The first-order valence-electron chi connectivity index (χ1n) is 3.10. The third kappa shape index (κ3) is 7.17. The van der Waals surface area contributed by atoms with Crippen LogP contribution >= 0.6 is 0 Å². The molecule has 0 fully saturated rings. The van der Waals surface area contributed by atoms with Crippen molar-refractivity contribution in [3.05, 3.63) is 12.2 Å². The summed E-state index contributed by atoms with van der Waals surface area (Å²) in [6, 6.07) is 0. The summed E-state index contributed by atoms with van der Waals surface area (Å²) in [7, 11) is 5.96. The van der Waals surface area contributed by atoms with E-state index in [0.717, 1.165) is 10.6 Å². The van der Waals surface area contributed by atoms with Gasteiger partial charge in [0.25, 0.3) is 0 Å². The molecule has 0 aliphatic heterocycles. The molecule has 0 spiro atoms. The fraction of sp³-hybridized carbons (Fsp3) is 0.571. The Kier molecular flexibility index (Phi) is 3.09. The van der Waals surface area contributed by atoms with Crippen molar-refractivity contribution < 1.29 is 14.4 Å². The maximum absolute atomic E-state index is 9.88. The van der Waals surface area contributed by atoms with Gasteiger partial charge in [-0.05, 0) is 12.2 Å². The molecule has 0 unspecified atom stereocenters. The Balaban J connectivity index is 3.64. The number of rotatable bonds is 3. The molecule has 0 aromatic heterocycles. The first-order chi connectivity index (χ1) is 4.42. The number of quaternary nitrogens is 1. The Morgan fingerprint density at radius 3 is 2.30 bits per heavy atom. The number of carbonyl (C=O) groups excluding carboxylic acids is 1. The number of nitrogens with zero attached hydrogens (tertiary/aromatic N) is 1. The highest BCUT2D eigenvalue weighted by atomic mass is 16.4. The van der Waals surface area contributed by atoms with Gasteiger partial charge in [0, 0.05) is 0 Å². The summed E-state index contributed by atoms with van der Waals surface area (Å²) in [6.45, 7) is 0.702. The lowest BCUT2D eigenvalue weighted by Crippen LogP contribution is -2.34. The van der Waals surface area contributed by atoms with Crippen LogP contribution in [0.25, 0.3) is 0 Å². The summed E-state index contributed by atoms with van der Waals surface area (Å²) >= 11 is 0. The van der Waals surface area contributed by atoms with Gasteiger partial charge < -0.3 is 14.4 Å². The van der Waals surface area contributed by atoms with Crippen molar-refractivity contribution in [1.82, 2.24) is 0 Å². The molecule has 0 atom stereocenters. The molecule has 0 N–H and O–H groups in total. The number of carboxylic acids is 1.